The molecule has 2 N–H and O–H groups in total. The SMILES string of the molecule is N=Cc1ccc(-n2c3ccccc3c3c4oc5c(ccc6c5c5ccccc5n6-c5ccccc5)c4ccc32)c(C=N)c1. The van der Waals surface area contributed by atoms with Crippen LogP contribution in [0.2, 0.25) is 0 Å². The summed E-state index contributed by atoms with van der Waals surface area (Å²) in [5.41, 5.74) is 9.59. The van der Waals surface area contributed by atoms with E-state index in [-0.39, 0.29) is 0 Å². The molecule has 0 aliphatic heterocycles. The summed E-state index contributed by atoms with van der Waals surface area (Å²) in [6.45, 7) is 0. The third-order valence-corrected chi connectivity index (χ3v) is 8.71. The van der Waals surface area contributed by atoms with Gasteiger partial charge in [0.2, 0.25) is 0 Å². The third-order valence-electron chi connectivity index (χ3n) is 8.71. The summed E-state index contributed by atoms with van der Waals surface area (Å²) in [5.74, 6) is 0. The van der Waals surface area contributed by atoms with E-state index in [1.54, 1.807) is 0 Å². The normalized spacial score (nSPS) is 11.9. The highest BCUT2D eigenvalue weighted by Crippen LogP contribution is 2.44. The second-order valence-corrected chi connectivity index (χ2v) is 10.9. The summed E-state index contributed by atoms with van der Waals surface area (Å²) < 4.78 is 11.5. The molecule has 0 unspecified atom stereocenters. The first-order valence-corrected chi connectivity index (χ1v) is 14.3. The molecule has 0 aliphatic carbocycles. The van der Waals surface area contributed by atoms with Crippen molar-refractivity contribution in [3.8, 4) is 11.4 Å². The molecule has 0 amide bonds. The molecule has 5 heteroatoms. The fourth-order valence-corrected chi connectivity index (χ4v) is 6.89. The molecule has 6 aromatic carbocycles. The lowest BCUT2D eigenvalue weighted by molar-refractivity contribution is 0.677. The van der Waals surface area contributed by atoms with Crippen LogP contribution < -0.4 is 0 Å². The van der Waals surface area contributed by atoms with Crippen molar-refractivity contribution in [2.75, 3.05) is 0 Å². The van der Waals surface area contributed by atoms with E-state index in [9.17, 15) is 0 Å². The second-order valence-electron chi connectivity index (χ2n) is 10.9. The molecule has 0 bridgehead atoms. The summed E-state index contributed by atoms with van der Waals surface area (Å²) in [7, 11) is 0. The summed E-state index contributed by atoms with van der Waals surface area (Å²) in [6.07, 6.45) is 2.68. The van der Waals surface area contributed by atoms with Crippen molar-refractivity contribution in [1.82, 2.24) is 9.13 Å². The number of para-hydroxylation sites is 3. The Balaban J connectivity index is 1.43. The van der Waals surface area contributed by atoms with Crippen LogP contribution in [0.15, 0.2) is 126 Å². The minimum Gasteiger partial charge on any atom is -0.455 e. The van der Waals surface area contributed by atoms with Gasteiger partial charge in [0.25, 0.3) is 0 Å². The zero-order valence-corrected chi connectivity index (χ0v) is 23.0. The van der Waals surface area contributed by atoms with Gasteiger partial charge in [-0.15, -0.1) is 0 Å². The van der Waals surface area contributed by atoms with Crippen LogP contribution in [0, 0.1) is 10.8 Å². The molecule has 0 spiro atoms. The number of aromatic nitrogens is 2. The standard InChI is InChI=1S/C38H24N4O/c39-21-23-14-17-30(24(20-23)22-40)42-32-13-7-5-11-29(32)36-34(42)19-16-27-26-15-18-33-35(37(26)43-38(27)36)28-10-4-6-12-31(28)41(33)25-8-2-1-3-9-25/h1-22,39-40H. The number of benzene rings is 6. The van der Waals surface area contributed by atoms with Gasteiger partial charge in [-0.2, -0.15) is 0 Å². The zero-order chi connectivity index (χ0) is 28.7. The second kappa shape index (κ2) is 8.78. The van der Waals surface area contributed by atoms with Crippen molar-refractivity contribution in [1.29, 1.82) is 10.8 Å². The smallest absolute Gasteiger partial charge is 0.145 e. The molecule has 0 fully saturated rings. The van der Waals surface area contributed by atoms with Gasteiger partial charge in [-0.3, -0.25) is 0 Å². The predicted molar refractivity (Wildman–Crippen MR) is 178 cm³/mol. The van der Waals surface area contributed by atoms with Crippen molar-refractivity contribution < 1.29 is 4.42 Å². The Morgan fingerprint density at radius 1 is 0.488 bits per heavy atom. The van der Waals surface area contributed by atoms with Gasteiger partial charge in [-0.25, -0.2) is 0 Å². The quantitative estimate of drug-likeness (QED) is 0.210. The Morgan fingerprint density at radius 3 is 1.70 bits per heavy atom. The predicted octanol–water partition coefficient (Wildman–Crippen LogP) is 9.78. The van der Waals surface area contributed by atoms with Crippen molar-refractivity contribution in [2.24, 2.45) is 0 Å². The molecule has 0 atom stereocenters. The van der Waals surface area contributed by atoms with Gasteiger partial charge in [0, 0.05) is 45.2 Å². The van der Waals surface area contributed by atoms with Crippen LogP contribution in [0.4, 0.5) is 0 Å². The minimum absolute atomic E-state index is 0.754. The molecule has 3 aromatic heterocycles. The van der Waals surface area contributed by atoms with Gasteiger partial charge >= 0.3 is 0 Å². The first-order valence-electron chi connectivity index (χ1n) is 14.3. The Kier molecular flexibility index (Phi) is 4.85. The lowest BCUT2D eigenvalue weighted by Crippen LogP contribution is -2.00. The molecular weight excluding hydrogens is 528 g/mol. The van der Waals surface area contributed by atoms with E-state index in [1.165, 1.54) is 12.4 Å². The highest BCUT2D eigenvalue weighted by molar-refractivity contribution is 6.29. The highest BCUT2D eigenvalue weighted by atomic mass is 16.3. The van der Waals surface area contributed by atoms with Crippen molar-refractivity contribution in [3.05, 3.63) is 132 Å². The van der Waals surface area contributed by atoms with Crippen LogP contribution in [0.3, 0.4) is 0 Å². The maximum atomic E-state index is 8.15. The zero-order valence-electron chi connectivity index (χ0n) is 23.0. The molecule has 9 rings (SSSR count). The van der Waals surface area contributed by atoms with E-state index in [1.807, 2.05) is 30.3 Å². The molecule has 43 heavy (non-hydrogen) atoms. The van der Waals surface area contributed by atoms with E-state index >= 15 is 0 Å². The van der Waals surface area contributed by atoms with Crippen molar-refractivity contribution in [2.45, 2.75) is 0 Å². The first-order chi connectivity index (χ1) is 21.3. The lowest BCUT2D eigenvalue weighted by atomic mass is 10.1. The van der Waals surface area contributed by atoms with E-state index in [2.05, 4.69) is 100 Å². The number of nitrogens with zero attached hydrogens (tertiary/aromatic N) is 2. The molecule has 0 saturated carbocycles. The first kappa shape index (κ1) is 23.7. The largest absolute Gasteiger partial charge is 0.455 e. The van der Waals surface area contributed by atoms with Gasteiger partial charge in [-0.1, -0.05) is 60.7 Å². The van der Waals surface area contributed by atoms with Crippen molar-refractivity contribution in [3.63, 3.8) is 0 Å². The number of furan rings is 1. The Labute approximate surface area is 245 Å². The van der Waals surface area contributed by atoms with E-state index in [4.69, 9.17) is 15.2 Å². The molecule has 3 heterocycles. The molecule has 5 nitrogen and oxygen atoms in total. The topological polar surface area (TPSA) is 70.7 Å². The molecule has 0 saturated heterocycles. The van der Waals surface area contributed by atoms with E-state index in [0.29, 0.717) is 0 Å². The minimum atomic E-state index is 0.754. The Bertz CT molecular complexity index is 2600. The summed E-state index contributed by atoms with van der Waals surface area (Å²) in [4.78, 5) is 0. The maximum Gasteiger partial charge on any atom is 0.145 e. The maximum absolute atomic E-state index is 8.15. The number of nitrogens with one attached hydrogen (secondary N) is 2. The van der Waals surface area contributed by atoms with Crippen LogP contribution in [-0.4, -0.2) is 21.6 Å². The Hall–Kier alpha value is -5.94. The molecule has 0 radical (unpaired) electrons. The number of rotatable bonds is 4. The molecule has 0 aliphatic rings. The Morgan fingerprint density at radius 2 is 1.07 bits per heavy atom. The average molecular weight is 553 g/mol. The lowest BCUT2D eigenvalue weighted by Gasteiger charge is -2.11. The van der Waals surface area contributed by atoms with Gasteiger partial charge < -0.3 is 24.4 Å². The fourth-order valence-electron chi connectivity index (χ4n) is 6.89. The summed E-state index contributed by atoms with van der Waals surface area (Å²) >= 11 is 0. The highest BCUT2D eigenvalue weighted by Gasteiger charge is 2.22. The number of fused-ring (bicyclic) bond motifs is 11. The monoisotopic (exact) mass is 552 g/mol. The number of hydrogen-bond donors (Lipinski definition) is 2. The van der Waals surface area contributed by atoms with Crippen LogP contribution in [0.25, 0.3) is 76.9 Å². The van der Waals surface area contributed by atoms with Crippen LogP contribution in [0.1, 0.15) is 11.1 Å². The van der Waals surface area contributed by atoms with E-state index in [0.717, 1.165) is 88.1 Å². The van der Waals surface area contributed by atoms with Crippen LogP contribution in [-0.2, 0) is 0 Å². The summed E-state index contributed by atoms with van der Waals surface area (Å²) in [5, 5.41) is 22.4. The van der Waals surface area contributed by atoms with Crippen molar-refractivity contribution >= 4 is 78.0 Å². The van der Waals surface area contributed by atoms with Gasteiger partial charge in [0.15, 0.2) is 0 Å². The van der Waals surface area contributed by atoms with Crippen LogP contribution in [0.5, 0.6) is 0 Å². The van der Waals surface area contributed by atoms with Gasteiger partial charge in [0.05, 0.1) is 38.5 Å². The fraction of sp³-hybridized carbons (Fsp3) is 0. The molecular formula is C38H24N4O. The molecule has 9 aromatic rings. The van der Waals surface area contributed by atoms with E-state index < -0.39 is 0 Å². The molecule has 202 valence electrons. The summed E-state index contributed by atoms with van der Waals surface area (Å²) in [6, 6.07) is 41.9. The third kappa shape index (κ3) is 3.16. The van der Waals surface area contributed by atoms with Gasteiger partial charge in [-0.05, 0) is 66.2 Å². The van der Waals surface area contributed by atoms with Gasteiger partial charge in [0.1, 0.15) is 11.2 Å². The number of hydrogen-bond acceptors (Lipinski definition) is 3. The average Bonchev–Trinajstić information content (AvgIpc) is 3.72. The van der Waals surface area contributed by atoms with Crippen LogP contribution >= 0.6 is 0 Å².